The lowest BCUT2D eigenvalue weighted by Gasteiger charge is -2.32. The Kier molecular flexibility index (Phi) is 5.90. The first-order valence-corrected chi connectivity index (χ1v) is 8.72. The lowest BCUT2D eigenvalue weighted by atomic mass is 10.0. The molecule has 2 N–H and O–H groups in total. The predicted molar refractivity (Wildman–Crippen MR) is 93.8 cm³/mol. The van der Waals surface area contributed by atoms with Crippen molar-refractivity contribution >= 4 is 5.91 Å². The lowest BCUT2D eigenvalue weighted by Crippen LogP contribution is -2.51. The number of nitrogens with one attached hydrogen (secondary N) is 1. The number of aliphatic hydroxyl groups is 1. The predicted octanol–water partition coefficient (Wildman–Crippen LogP) is 1.68. The number of hydrogen-bond donors (Lipinski definition) is 2. The molecule has 0 saturated carbocycles. The van der Waals surface area contributed by atoms with E-state index in [0.717, 1.165) is 16.8 Å². The fourth-order valence-electron chi connectivity index (χ4n) is 3.01. The third-order valence-corrected chi connectivity index (χ3v) is 4.56. The summed E-state index contributed by atoms with van der Waals surface area (Å²) < 4.78 is 16.6. The van der Waals surface area contributed by atoms with E-state index >= 15 is 0 Å². The smallest absolute Gasteiger partial charge is 0.224 e. The van der Waals surface area contributed by atoms with Crippen LogP contribution in [0.4, 0.5) is 0 Å². The van der Waals surface area contributed by atoms with Crippen LogP contribution in [0.2, 0.25) is 0 Å². The lowest BCUT2D eigenvalue weighted by molar-refractivity contribution is -0.123. The van der Waals surface area contributed by atoms with Crippen LogP contribution >= 0.6 is 0 Å². The first-order valence-electron chi connectivity index (χ1n) is 8.72. The molecule has 1 saturated heterocycles. The number of aryl methyl sites for hydroxylation is 2. The Bertz CT molecular complexity index is 721. The maximum absolute atomic E-state index is 12.5. The normalized spacial score (nSPS) is 20.0. The van der Waals surface area contributed by atoms with E-state index < -0.39 is 0 Å². The van der Waals surface area contributed by atoms with Crippen LogP contribution in [0.5, 0.6) is 5.75 Å². The molecular weight excluding hydrogens is 336 g/mol. The number of aliphatic hydroxyl groups excluding tert-OH is 1. The fraction of sp³-hybridized carbons (Fsp3) is 0.474. The molecule has 3 rings (SSSR count). The SMILES string of the molecule is Cc1noc(C)c1CC(=O)N[C@@H]1CCOC[C@H]1Oc1ccc(CO)cc1. The average molecular weight is 360 g/mol. The second-order valence-corrected chi connectivity index (χ2v) is 6.48. The zero-order valence-corrected chi connectivity index (χ0v) is 15.0. The van der Waals surface area contributed by atoms with Crippen LogP contribution in [0.25, 0.3) is 0 Å². The van der Waals surface area contributed by atoms with Gasteiger partial charge in [0.1, 0.15) is 17.6 Å². The van der Waals surface area contributed by atoms with Crippen LogP contribution in [0.3, 0.4) is 0 Å². The van der Waals surface area contributed by atoms with E-state index in [1.165, 1.54) is 0 Å². The highest BCUT2D eigenvalue weighted by Gasteiger charge is 2.29. The summed E-state index contributed by atoms with van der Waals surface area (Å²) in [6.07, 6.45) is 0.653. The topological polar surface area (TPSA) is 93.8 Å². The monoisotopic (exact) mass is 360 g/mol. The Labute approximate surface area is 152 Å². The van der Waals surface area contributed by atoms with Crippen molar-refractivity contribution in [2.45, 2.75) is 45.4 Å². The molecule has 1 amide bonds. The van der Waals surface area contributed by atoms with E-state index in [1.54, 1.807) is 6.92 Å². The van der Waals surface area contributed by atoms with Gasteiger partial charge in [-0.2, -0.15) is 0 Å². The highest BCUT2D eigenvalue weighted by molar-refractivity contribution is 5.79. The van der Waals surface area contributed by atoms with E-state index in [-0.39, 0.29) is 31.1 Å². The molecule has 1 aromatic heterocycles. The van der Waals surface area contributed by atoms with E-state index in [2.05, 4.69) is 10.5 Å². The third kappa shape index (κ3) is 4.42. The number of rotatable bonds is 6. The summed E-state index contributed by atoms with van der Waals surface area (Å²) in [4.78, 5) is 12.5. The van der Waals surface area contributed by atoms with Gasteiger partial charge in [0, 0.05) is 12.2 Å². The van der Waals surface area contributed by atoms with Crippen LogP contribution in [0.15, 0.2) is 28.8 Å². The standard InChI is InChI=1S/C19H24N2O5/c1-12-16(13(2)26-21-12)9-19(23)20-17-7-8-24-11-18(17)25-15-5-3-14(10-22)4-6-15/h3-6,17-18,22H,7-11H2,1-2H3,(H,20,23)/t17-,18-/m1/s1. The molecular formula is C19H24N2O5. The largest absolute Gasteiger partial charge is 0.486 e. The second-order valence-electron chi connectivity index (χ2n) is 6.48. The summed E-state index contributed by atoms with van der Waals surface area (Å²) >= 11 is 0. The van der Waals surface area contributed by atoms with Gasteiger partial charge in [-0.15, -0.1) is 0 Å². The van der Waals surface area contributed by atoms with Gasteiger partial charge in [-0.1, -0.05) is 17.3 Å². The van der Waals surface area contributed by atoms with Crippen molar-refractivity contribution < 1.29 is 23.9 Å². The molecule has 0 bridgehead atoms. The molecule has 1 aliphatic heterocycles. The zero-order chi connectivity index (χ0) is 18.5. The molecule has 26 heavy (non-hydrogen) atoms. The average Bonchev–Trinajstić information content (AvgIpc) is 2.96. The molecule has 1 aliphatic rings. The second kappa shape index (κ2) is 8.33. The van der Waals surface area contributed by atoms with Crippen molar-refractivity contribution in [2.24, 2.45) is 0 Å². The summed E-state index contributed by atoms with van der Waals surface area (Å²) in [5, 5.41) is 16.1. The summed E-state index contributed by atoms with van der Waals surface area (Å²) in [5.74, 6) is 1.26. The maximum Gasteiger partial charge on any atom is 0.224 e. The molecule has 2 aromatic rings. The highest BCUT2D eigenvalue weighted by Crippen LogP contribution is 2.19. The molecule has 2 heterocycles. The summed E-state index contributed by atoms with van der Waals surface area (Å²) in [5.41, 5.74) is 2.38. The van der Waals surface area contributed by atoms with E-state index in [1.807, 2.05) is 31.2 Å². The number of carbonyl (C=O) groups is 1. The number of hydrogen-bond acceptors (Lipinski definition) is 6. The van der Waals surface area contributed by atoms with Gasteiger partial charge in [0.15, 0.2) is 0 Å². The van der Waals surface area contributed by atoms with Gasteiger partial charge in [-0.3, -0.25) is 4.79 Å². The molecule has 1 fully saturated rings. The molecule has 0 radical (unpaired) electrons. The van der Waals surface area contributed by atoms with Crippen LogP contribution in [0.1, 0.15) is 29.0 Å². The minimum absolute atomic E-state index is 0.00674. The quantitative estimate of drug-likeness (QED) is 0.814. The summed E-state index contributed by atoms with van der Waals surface area (Å²) in [6, 6.07) is 7.11. The number of benzene rings is 1. The van der Waals surface area contributed by atoms with Crippen molar-refractivity contribution in [1.29, 1.82) is 0 Å². The van der Waals surface area contributed by atoms with Gasteiger partial charge in [0.2, 0.25) is 5.91 Å². The zero-order valence-electron chi connectivity index (χ0n) is 15.0. The van der Waals surface area contributed by atoms with Crippen LogP contribution in [-0.4, -0.2) is 41.5 Å². The van der Waals surface area contributed by atoms with Gasteiger partial charge in [-0.05, 0) is 38.0 Å². The maximum atomic E-state index is 12.5. The van der Waals surface area contributed by atoms with Crippen molar-refractivity contribution in [2.75, 3.05) is 13.2 Å². The van der Waals surface area contributed by atoms with Crippen LogP contribution in [0, 0.1) is 13.8 Å². The van der Waals surface area contributed by atoms with Crippen molar-refractivity contribution in [3.8, 4) is 5.75 Å². The van der Waals surface area contributed by atoms with Crippen LogP contribution in [-0.2, 0) is 22.6 Å². The minimum Gasteiger partial charge on any atom is -0.486 e. The summed E-state index contributed by atoms with van der Waals surface area (Å²) in [6.45, 7) is 4.62. The van der Waals surface area contributed by atoms with Crippen LogP contribution < -0.4 is 10.1 Å². The number of aromatic nitrogens is 1. The molecule has 1 aromatic carbocycles. The van der Waals surface area contributed by atoms with Gasteiger partial charge in [0.25, 0.3) is 0 Å². The molecule has 7 heteroatoms. The summed E-state index contributed by atoms with van der Waals surface area (Å²) in [7, 11) is 0. The Hall–Kier alpha value is -2.38. The Morgan fingerprint density at radius 3 is 2.77 bits per heavy atom. The van der Waals surface area contributed by atoms with Gasteiger partial charge in [-0.25, -0.2) is 0 Å². The molecule has 0 aliphatic carbocycles. The Balaban J connectivity index is 1.61. The fourth-order valence-corrected chi connectivity index (χ4v) is 3.01. The van der Waals surface area contributed by atoms with Gasteiger partial charge in [0.05, 0.1) is 31.4 Å². The molecule has 0 spiro atoms. The van der Waals surface area contributed by atoms with Crippen molar-refractivity contribution in [3.63, 3.8) is 0 Å². The first-order chi connectivity index (χ1) is 12.6. The number of carbonyl (C=O) groups excluding carboxylic acids is 1. The van der Waals surface area contributed by atoms with E-state index in [9.17, 15) is 4.79 Å². The number of amides is 1. The number of ether oxygens (including phenoxy) is 2. The third-order valence-electron chi connectivity index (χ3n) is 4.56. The van der Waals surface area contributed by atoms with Gasteiger partial charge < -0.3 is 24.4 Å². The minimum atomic E-state index is -0.266. The van der Waals surface area contributed by atoms with E-state index in [4.69, 9.17) is 19.1 Å². The highest BCUT2D eigenvalue weighted by atomic mass is 16.5. The molecule has 2 atom stereocenters. The Morgan fingerprint density at radius 1 is 1.35 bits per heavy atom. The van der Waals surface area contributed by atoms with Crippen molar-refractivity contribution in [1.82, 2.24) is 10.5 Å². The Morgan fingerprint density at radius 2 is 2.12 bits per heavy atom. The molecule has 7 nitrogen and oxygen atoms in total. The van der Waals surface area contributed by atoms with Gasteiger partial charge >= 0.3 is 0 Å². The van der Waals surface area contributed by atoms with Crippen molar-refractivity contribution in [3.05, 3.63) is 46.8 Å². The number of nitrogens with zero attached hydrogens (tertiary/aromatic N) is 1. The van der Waals surface area contributed by atoms with E-state index in [0.29, 0.717) is 31.1 Å². The first kappa shape index (κ1) is 18.4. The molecule has 140 valence electrons. The molecule has 0 unspecified atom stereocenters.